The van der Waals surface area contributed by atoms with Crippen LogP contribution in [0, 0.1) is 13.8 Å². The van der Waals surface area contributed by atoms with Crippen molar-refractivity contribution >= 4 is 40.2 Å². The standard InChI is InChI=1S/C20H18N6O2/c1-10-8-15-16(22-11(10)2)26(3)17-20(25-15,18(27)24-19(28)23-17)13-9-21-14-7-5-4-6-12(13)14/h4-9,21,25H,1-3H3,(H,24,27,28). The fraction of sp³-hybridized carbons (Fsp3) is 0.200. The van der Waals surface area contributed by atoms with Crippen LogP contribution in [0.25, 0.3) is 10.9 Å². The van der Waals surface area contributed by atoms with Crippen LogP contribution in [0.5, 0.6) is 0 Å². The summed E-state index contributed by atoms with van der Waals surface area (Å²) in [4.78, 5) is 39.1. The maximum Gasteiger partial charge on any atom is 0.349 e. The Morgan fingerprint density at radius 2 is 1.93 bits per heavy atom. The number of likely N-dealkylation sites (N-methyl/N-ethyl adjacent to an activating group) is 1. The van der Waals surface area contributed by atoms with Crippen LogP contribution in [0.4, 0.5) is 16.3 Å². The van der Waals surface area contributed by atoms with Gasteiger partial charge in [0.2, 0.25) is 5.54 Å². The number of carbonyl (C=O) groups is 2. The number of aliphatic imine (C=N–C) groups is 1. The Morgan fingerprint density at radius 3 is 2.75 bits per heavy atom. The molecule has 0 saturated carbocycles. The topological polar surface area (TPSA) is 102 Å². The number of rotatable bonds is 1. The van der Waals surface area contributed by atoms with E-state index in [0.717, 1.165) is 22.2 Å². The summed E-state index contributed by atoms with van der Waals surface area (Å²) in [5.41, 5.74) is 2.82. The van der Waals surface area contributed by atoms with E-state index in [1.165, 1.54) is 0 Å². The van der Waals surface area contributed by atoms with Gasteiger partial charge in [-0.25, -0.2) is 9.78 Å². The maximum atomic E-state index is 13.3. The predicted octanol–water partition coefficient (Wildman–Crippen LogP) is 2.59. The lowest BCUT2D eigenvalue weighted by Gasteiger charge is -2.44. The van der Waals surface area contributed by atoms with Crippen LogP contribution >= 0.6 is 0 Å². The van der Waals surface area contributed by atoms with Crippen LogP contribution in [0.3, 0.4) is 0 Å². The second-order valence-electron chi connectivity index (χ2n) is 7.14. The third kappa shape index (κ3) is 1.99. The molecule has 3 amide bonds. The summed E-state index contributed by atoms with van der Waals surface area (Å²) in [5, 5.41) is 6.59. The number of fused-ring (bicyclic) bond motifs is 3. The van der Waals surface area contributed by atoms with E-state index in [1.54, 1.807) is 18.1 Å². The Labute approximate surface area is 160 Å². The molecule has 8 nitrogen and oxygen atoms in total. The number of para-hydroxylation sites is 1. The number of carbonyl (C=O) groups excluding carboxylic acids is 2. The third-order valence-corrected chi connectivity index (χ3v) is 5.50. The fourth-order valence-corrected chi connectivity index (χ4v) is 3.97. The lowest BCUT2D eigenvalue weighted by Crippen LogP contribution is -2.65. The molecule has 1 atom stereocenters. The molecular weight excluding hydrogens is 356 g/mol. The highest BCUT2D eigenvalue weighted by Crippen LogP contribution is 2.43. The van der Waals surface area contributed by atoms with Crippen molar-refractivity contribution in [2.24, 2.45) is 4.99 Å². The minimum atomic E-state index is -1.35. The van der Waals surface area contributed by atoms with Crippen LogP contribution in [-0.4, -0.2) is 34.8 Å². The molecule has 0 saturated heterocycles. The van der Waals surface area contributed by atoms with Crippen LogP contribution in [0.2, 0.25) is 0 Å². The molecule has 5 rings (SSSR count). The molecule has 0 bridgehead atoms. The highest BCUT2D eigenvalue weighted by atomic mass is 16.2. The number of aromatic nitrogens is 2. The van der Waals surface area contributed by atoms with Gasteiger partial charge in [0.05, 0.1) is 5.69 Å². The summed E-state index contributed by atoms with van der Waals surface area (Å²) in [5.74, 6) is 0.456. The second kappa shape index (κ2) is 5.41. The van der Waals surface area contributed by atoms with E-state index in [0.29, 0.717) is 22.9 Å². The van der Waals surface area contributed by atoms with Gasteiger partial charge in [-0.15, -0.1) is 0 Å². The Kier molecular flexibility index (Phi) is 3.19. The summed E-state index contributed by atoms with van der Waals surface area (Å²) in [6, 6.07) is 8.99. The van der Waals surface area contributed by atoms with E-state index in [2.05, 4.69) is 25.6 Å². The summed E-state index contributed by atoms with van der Waals surface area (Å²) >= 11 is 0. The zero-order chi connectivity index (χ0) is 19.6. The number of urea groups is 1. The van der Waals surface area contributed by atoms with Gasteiger partial charge in [0.15, 0.2) is 11.7 Å². The van der Waals surface area contributed by atoms with Crippen molar-refractivity contribution < 1.29 is 9.59 Å². The number of amides is 3. The van der Waals surface area contributed by atoms with Crippen LogP contribution < -0.4 is 15.5 Å². The van der Waals surface area contributed by atoms with Crippen LogP contribution in [-0.2, 0) is 10.3 Å². The van der Waals surface area contributed by atoms with Crippen molar-refractivity contribution in [2.75, 3.05) is 17.3 Å². The smallest absolute Gasteiger partial charge is 0.349 e. The van der Waals surface area contributed by atoms with Crippen LogP contribution in [0.1, 0.15) is 16.8 Å². The van der Waals surface area contributed by atoms with Crippen molar-refractivity contribution in [1.82, 2.24) is 15.3 Å². The third-order valence-electron chi connectivity index (χ3n) is 5.50. The van der Waals surface area contributed by atoms with E-state index < -0.39 is 17.5 Å². The van der Waals surface area contributed by atoms with E-state index in [4.69, 9.17) is 0 Å². The lowest BCUT2D eigenvalue weighted by atomic mass is 9.83. The fourth-order valence-electron chi connectivity index (χ4n) is 3.97. The van der Waals surface area contributed by atoms with Gasteiger partial charge in [0.25, 0.3) is 5.91 Å². The summed E-state index contributed by atoms with van der Waals surface area (Å²) in [7, 11) is 1.77. The summed E-state index contributed by atoms with van der Waals surface area (Å²) in [6.07, 6.45) is 1.79. The van der Waals surface area contributed by atoms with E-state index >= 15 is 0 Å². The molecule has 4 heterocycles. The molecule has 2 aromatic heterocycles. The number of imide groups is 1. The van der Waals surface area contributed by atoms with Gasteiger partial charge in [0.1, 0.15) is 0 Å². The molecule has 3 N–H and O–H groups in total. The molecule has 1 aromatic carbocycles. The molecule has 0 aliphatic carbocycles. The van der Waals surface area contributed by atoms with Gasteiger partial charge in [-0.05, 0) is 31.5 Å². The number of hydrogen-bond acceptors (Lipinski definition) is 5. The molecule has 0 spiro atoms. The minimum absolute atomic E-state index is 0.300. The van der Waals surface area contributed by atoms with Gasteiger partial charge in [-0.2, -0.15) is 4.99 Å². The number of hydrogen-bond donors (Lipinski definition) is 3. The number of amidine groups is 1. The Balaban J connectivity index is 1.85. The van der Waals surface area contributed by atoms with Crippen molar-refractivity contribution in [3.8, 4) is 0 Å². The van der Waals surface area contributed by atoms with Crippen molar-refractivity contribution in [2.45, 2.75) is 19.4 Å². The minimum Gasteiger partial charge on any atom is -0.361 e. The highest BCUT2D eigenvalue weighted by molar-refractivity contribution is 6.30. The Morgan fingerprint density at radius 1 is 1.14 bits per heavy atom. The SMILES string of the molecule is Cc1cc2c(nc1C)N(C)C1=NC(=O)NC(=O)C1(c1c[nH]c3ccccc13)N2. The number of nitrogens with zero attached hydrogens (tertiary/aromatic N) is 3. The lowest BCUT2D eigenvalue weighted by molar-refractivity contribution is -0.122. The Hall–Kier alpha value is -3.68. The average molecular weight is 374 g/mol. The Bertz CT molecular complexity index is 1210. The largest absolute Gasteiger partial charge is 0.361 e. The monoisotopic (exact) mass is 374 g/mol. The predicted molar refractivity (Wildman–Crippen MR) is 107 cm³/mol. The first-order valence-corrected chi connectivity index (χ1v) is 8.93. The van der Waals surface area contributed by atoms with Crippen LogP contribution in [0.15, 0.2) is 41.5 Å². The van der Waals surface area contributed by atoms with Gasteiger partial charge >= 0.3 is 6.03 Å². The molecular formula is C20H18N6O2. The van der Waals surface area contributed by atoms with Crippen molar-refractivity contribution in [1.29, 1.82) is 0 Å². The quantitative estimate of drug-likeness (QED) is 0.608. The number of aromatic amines is 1. The highest BCUT2D eigenvalue weighted by Gasteiger charge is 2.55. The average Bonchev–Trinajstić information content (AvgIpc) is 3.09. The van der Waals surface area contributed by atoms with E-state index in [-0.39, 0.29) is 0 Å². The molecule has 3 aromatic rings. The zero-order valence-corrected chi connectivity index (χ0v) is 15.6. The van der Waals surface area contributed by atoms with Crippen molar-refractivity contribution in [3.05, 3.63) is 53.3 Å². The van der Waals surface area contributed by atoms with Gasteiger partial charge < -0.3 is 15.2 Å². The maximum absolute atomic E-state index is 13.3. The number of pyridine rings is 1. The molecule has 2 aliphatic heterocycles. The first-order chi connectivity index (χ1) is 13.4. The molecule has 1 unspecified atom stereocenters. The zero-order valence-electron chi connectivity index (χ0n) is 15.6. The first kappa shape index (κ1) is 16.5. The van der Waals surface area contributed by atoms with Gasteiger partial charge in [-0.1, -0.05) is 18.2 Å². The molecule has 0 fully saturated rings. The normalized spacial score (nSPS) is 21.0. The van der Waals surface area contributed by atoms with E-state index in [1.807, 2.05) is 44.2 Å². The number of nitrogens with one attached hydrogen (secondary N) is 3. The van der Waals surface area contributed by atoms with Gasteiger partial charge in [0, 0.05) is 35.4 Å². The molecule has 28 heavy (non-hydrogen) atoms. The van der Waals surface area contributed by atoms with Gasteiger partial charge in [-0.3, -0.25) is 10.1 Å². The summed E-state index contributed by atoms with van der Waals surface area (Å²) in [6.45, 7) is 3.89. The summed E-state index contributed by atoms with van der Waals surface area (Å²) < 4.78 is 0. The van der Waals surface area contributed by atoms with Crippen molar-refractivity contribution in [3.63, 3.8) is 0 Å². The molecule has 140 valence electrons. The van der Waals surface area contributed by atoms with E-state index in [9.17, 15) is 9.59 Å². The first-order valence-electron chi connectivity index (χ1n) is 8.93. The number of benzene rings is 1. The number of anilines is 2. The number of aryl methyl sites for hydroxylation is 2. The number of H-pyrrole nitrogens is 1. The molecule has 0 radical (unpaired) electrons. The second-order valence-corrected chi connectivity index (χ2v) is 7.14. The molecule has 8 heteroatoms. The molecule has 2 aliphatic rings.